The second-order valence-corrected chi connectivity index (χ2v) is 8.74. The van der Waals surface area contributed by atoms with E-state index in [1.165, 1.54) is 0 Å². The molecule has 0 saturated heterocycles. The van der Waals surface area contributed by atoms with Gasteiger partial charge in [-0.3, -0.25) is 9.59 Å². The third-order valence-corrected chi connectivity index (χ3v) is 4.23. The first-order chi connectivity index (χ1) is 13.6. The van der Waals surface area contributed by atoms with E-state index in [0.29, 0.717) is 49.9 Å². The van der Waals surface area contributed by atoms with Gasteiger partial charge in [-0.2, -0.15) is 4.98 Å². The topological polar surface area (TPSA) is 97.1 Å². The fraction of sp³-hybridized carbons (Fsp3) is 0.545. The smallest absolute Gasteiger partial charge is 0.226 e. The third kappa shape index (κ3) is 8.05. The highest BCUT2D eigenvalue weighted by molar-refractivity contribution is 5.90. The van der Waals surface area contributed by atoms with Crippen molar-refractivity contribution < 1.29 is 14.1 Å². The summed E-state index contributed by atoms with van der Waals surface area (Å²) in [5, 5.41) is 9.79. The minimum absolute atomic E-state index is 0.00294. The van der Waals surface area contributed by atoms with E-state index in [-0.39, 0.29) is 17.2 Å². The number of hydrogen-bond donors (Lipinski definition) is 2. The van der Waals surface area contributed by atoms with Crippen LogP contribution in [-0.4, -0.2) is 22.0 Å². The van der Waals surface area contributed by atoms with Crippen LogP contribution < -0.4 is 10.6 Å². The molecule has 1 aromatic carbocycles. The number of rotatable bonds is 9. The van der Waals surface area contributed by atoms with E-state index >= 15 is 0 Å². The van der Waals surface area contributed by atoms with Gasteiger partial charge in [0.1, 0.15) is 0 Å². The zero-order chi connectivity index (χ0) is 21.4. The van der Waals surface area contributed by atoms with Gasteiger partial charge in [-0.05, 0) is 30.0 Å². The maximum atomic E-state index is 12.1. The summed E-state index contributed by atoms with van der Waals surface area (Å²) < 4.78 is 5.24. The predicted octanol–water partition coefficient (Wildman–Crippen LogP) is 3.99. The molecule has 1 heterocycles. The molecule has 0 fully saturated rings. The number of anilines is 1. The van der Waals surface area contributed by atoms with Crippen molar-refractivity contribution in [1.29, 1.82) is 0 Å². The lowest BCUT2D eigenvalue weighted by Gasteiger charge is -2.10. The molecule has 158 valence electrons. The Morgan fingerprint density at radius 1 is 1.17 bits per heavy atom. The molecule has 0 unspecified atom stereocenters. The first-order valence-corrected chi connectivity index (χ1v) is 10.1. The number of benzene rings is 1. The van der Waals surface area contributed by atoms with Crippen molar-refractivity contribution in [2.45, 2.75) is 72.3 Å². The minimum atomic E-state index is -0.151. The molecule has 1 aromatic heterocycles. The summed E-state index contributed by atoms with van der Waals surface area (Å²) in [4.78, 5) is 28.4. The Balaban J connectivity index is 1.74. The summed E-state index contributed by atoms with van der Waals surface area (Å²) in [5.41, 5.74) is 1.53. The highest BCUT2D eigenvalue weighted by Gasteiger charge is 2.20. The molecule has 0 aliphatic rings. The van der Waals surface area contributed by atoms with Gasteiger partial charge in [-0.25, -0.2) is 0 Å². The number of aromatic nitrogens is 2. The summed E-state index contributed by atoms with van der Waals surface area (Å²) in [6.07, 6.45) is 2.09. The van der Waals surface area contributed by atoms with Crippen LogP contribution in [0.15, 0.2) is 28.8 Å². The van der Waals surface area contributed by atoms with Gasteiger partial charge in [0.15, 0.2) is 5.82 Å². The Labute approximate surface area is 172 Å². The fourth-order valence-corrected chi connectivity index (χ4v) is 2.69. The Bertz CT molecular complexity index is 821. The molecule has 2 amide bonds. The van der Waals surface area contributed by atoms with Crippen LogP contribution in [0.4, 0.5) is 5.69 Å². The van der Waals surface area contributed by atoms with Crippen molar-refractivity contribution in [2.75, 3.05) is 5.32 Å². The standard InChI is InChI=1S/C22H32N4O3/c1-15(2)12-19(28)24-17-9-6-8-16(13-17)14-23-18(27)10-7-11-20-25-21(26-29-20)22(3,4)5/h6,8-9,13,15H,7,10-12,14H2,1-5H3,(H,23,27)(H,24,28). The summed E-state index contributed by atoms with van der Waals surface area (Å²) in [7, 11) is 0. The van der Waals surface area contributed by atoms with Crippen LogP contribution in [0.2, 0.25) is 0 Å². The van der Waals surface area contributed by atoms with E-state index in [9.17, 15) is 9.59 Å². The molecule has 7 nitrogen and oxygen atoms in total. The zero-order valence-electron chi connectivity index (χ0n) is 18.0. The average molecular weight is 401 g/mol. The summed E-state index contributed by atoms with van der Waals surface area (Å²) in [6, 6.07) is 7.52. The number of nitrogens with zero attached hydrogens (tertiary/aromatic N) is 2. The van der Waals surface area contributed by atoms with Crippen molar-refractivity contribution in [3.63, 3.8) is 0 Å². The maximum Gasteiger partial charge on any atom is 0.226 e. The molecular weight excluding hydrogens is 368 g/mol. The maximum absolute atomic E-state index is 12.1. The number of aryl methyl sites for hydroxylation is 1. The largest absolute Gasteiger partial charge is 0.352 e. The summed E-state index contributed by atoms with van der Waals surface area (Å²) in [6.45, 7) is 10.5. The highest BCUT2D eigenvalue weighted by atomic mass is 16.5. The van der Waals surface area contributed by atoms with E-state index in [2.05, 4.69) is 20.8 Å². The molecule has 0 radical (unpaired) electrons. The number of carbonyl (C=O) groups is 2. The van der Waals surface area contributed by atoms with Gasteiger partial charge in [0.2, 0.25) is 17.7 Å². The second-order valence-electron chi connectivity index (χ2n) is 8.74. The van der Waals surface area contributed by atoms with Crippen molar-refractivity contribution in [2.24, 2.45) is 5.92 Å². The van der Waals surface area contributed by atoms with Gasteiger partial charge in [0.25, 0.3) is 0 Å². The van der Waals surface area contributed by atoms with Crippen LogP contribution in [-0.2, 0) is 28.0 Å². The Kier molecular flexibility index (Phi) is 7.93. The molecular formula is C22H32N4O3. The SMILES string of the molecule is CC(C)CC(=O)Nc1cccc(CNC(=O)CCCc2nc(C(C)(C)C)no2)c1. The molecule has 0 bridgehead atoms. The molecule has 0 aliphatic carbocycles. The predicted molar refractivity (Wildman–Crippen MR) is 112 cm³/mol. The van der Waals surface area contributed by atoms with E-state index in [0.717, 1.165) is 11.3 Å². The molecule has 0 aliphatic heterocycles. The van der Waals surface area contributed by atoms with E-state index < -0.39 is 0 Å². The number of hydrogen-bond acceptors (Lipinski definition) is 5. The van der Waals surface area contributed by atoms with E-state index in [4.69, 9.17) is 4.52 Å². The lowest BCUT2D eigenvalue weighted by molar-refractivity contribution is -0.121. The van der Waals surface area contributed by atoms with Gasteiger partial charge in [0.05, 0.1) is 0 Å². The first-order valence-electron chi connectivity index (χ1n) is 10.1. The van der Waals surface area contributed by atoms with Crippen LogP contribution in [0, 0.1) is 5.92 Å². The van der Waals surface area contributed by atoms with Crippen molar-refractivity contribution in [1.82, 2.24) is 15.5 Å². The monoisotopic (exact) mass is 400 g/mol. The molecule has 2 N–H and O–H groups in total. The zero-order valence-corrected chi connectivity index (χ0v) is 18.0. The Hall–Kier alpha value is -2.70. The minimum Gasteiger partial charge on any atom is -0.352 e. The van der Waals surface area contributed by atoms with Crippen molar-refractivity contribution in [3.8, 4) is 0 Å². The molecule has 2 rings (SSSR count). The van der Waals surface area contributed by atoms with Crippen molar-refractivity contribution in [3.05, 3.63) is 41.5 Å². The summed E-state index contributed by atoms with van der Waals surface area (Å²) >= 11 is 0. The van der Waals surface area contributed by atoms with Crippen molar-refractivity contribution >= 4 is 17.5 Å². The normalized spacial score (nSPS) is 11.5. The van der Waals surface area contributed by atoms with Crippen LogP contribution in [0.3, 0.4) is 0 Å². The van der Waals surface area contributed by atoms with Crippen LogP contribution in [0.1, 0.15) is 71.2 Å². The van der Waals surface area contributed by atoms with Crippen LogP contribution in [0.5, 0.6) is 0 Å². The number of nitrogens with one attached hydrogen (secondary N) is 2. The van der Waals surface area contributed by atoms with Gasteiger partial charge in [0, 0.05) is 36.9 Å². The lowest BCUT2D eigenvalue weighted by atomic mass is 9.96. The molecule has 0 spiro atoms. The average Bonchev–Trinajstić information content (AvgIpc) is 3.09. The lowest BCUT2D eigenvalue weighted by Crippen LogP contribution is -2.22. The van der Waals surface area contributed by atoms with Gasteiger partial charge < -0.3 is 15.2 Å². The molecule has 29 heavy (non-hydrogen) atoms. The molecule has 0 saturated carbocycles. The second kappa shape index (κ2) is 10.2. The quantitative estimate of drug-likeness (QED) is 0.663. The van der Waals surface area contributed by atoms with E-state index in [1.54, 1.807) is 0 Å². The molecule has 2 aromatic rings. The fourth-order valence-electron chi connectivity index (χ4n) is 2.69. The third-order valence-electron chi connectivity index (χ3n) is 4.23. The molecule has 0 atom stereocenters. The summed E-state index contributed by atoms with van der Waals surface area (Å²) in [5.74, 6) is 1.51. The highest BCUT2D eigenvalue weighted by Crippen LogP contribution is 2.19. The Morgan fingerprint density at radius 3 is 2.59 bits per heavy atom. The van der Waals surface area contributed by atoms with Crippen LogP contribution >= 0.6 is 0 Å². The van der Waals surface area contributed by atoms with Gasteiger partial charge in [-0.1, -0.05) is 51.9 Å². The number of carbonyl (C=O) groups excluding carboxylic acids is 2. The van der Waals surface area contributed by atoms with E-state index in [1.807, 2.05) is 58.9 Å². The molecule has 7 heteroatoms. The first kappa shape index (κ1) is 22.6. The van der Waals surface area contributed by atoms with Crippen LogP contribution in [0.25, 0.3) is 0 Å². The number of amides is 2. The van der Waals surface area contributed by atoms with Gasteiger partial charge >= 0.3 is 0 Å². The van der Waals surface area contributed by atoms with Gasteiger partial charge in [-0.15, -0.1) is 0 Å². The Morgan fingerprint density at radius 2 is 1.93 bits per heavy atom.